The minimum atomic E-state index is -4.67. The third-order valence-corrected chi connectivity index (χ3v) is 20.0. The molecule has 0 unspecified atom stereocenters. The highest BCUT2D eigenvalue weighted by atomic mass is 19.4. The number of nitrogens with one attached hydrogen (secondary N) is 4. The molecule has 4 N–H and O–H groups in total. The molecule has 0 radical (unpaired) electrons. The van der Waals surface area contributed by atoms with Crippen molar-refractivity contribution >= 4 is 64.4 Å². The Hall–Kier alpha value is -13.2. The molecule has 0 saturated carbocycles. The number of aryl methyl sites for hydroxylation is 3. The number of amides is 5. The Kier molecular flexibility index (Phi) is 32.1. The summed E-state index contributed by atoms with van der Waals surface area (Å²) in [5, 5.41) is 11.2. The predicted molar refractivity (Wildman–Crippen MR) is 470 cm³/mol. The van der Waals surface area contributed by atoms with Crippen LogP contribution in [0.1, 0.15) is 144 Å². The maximum absolute atomic E-state index is 13.1. The van der Waals surface area contributed by atoms with Gasteiger partial charge in [0.15, 0.2) is 0 Å². The molecule has 5 amide bonds. The number of ether oxygens (including phenoxy) is 5. The van der Waals surface area contributed by atoms with E-state index in [1.54, 1.807) is 106 Å². The first kappa shape index (κ1) is 97.0. The van der Waals surface area contributed by atoms with Crippen LogP contribution in [0.3, 0.4) is 0 Å². The summed E-state index contributed by atoms with van der Waals surface area (Å²) in [7, 11) is 5.08. The number of halogens is 9. The van der Waals surface area contributed by atoms with Crippen LogP contribution in [0.25, 0.3) is 33.4 Å². The second kappa shape index (κ2) is 42.4. The summed E-state index contributed by atoms with van der Waals surface area (Å²) in [6.45, 7) is 29.5. The van der Waals surface area contributed by atoms with Crippen LogP contribution >= 0.6 is 0 Å². The van der Waals surface area contributed by atoms with E-state index in [2.05, 4.69) is 86.4 Å². The molecular weight excluding hydrogens is 1670 g/mol. The lowest BCUT2D eigenvalue weighted by atomic mass is 9.99. The van der Waals surface area contributed by atoms with Crippen molar-refractivity contribution in [3.63, 3.8) is 0 Å². The topological polar surface area (TPSA) is 273 Å². The smallest absolute Gasteiger partial charge is 0.433 e. The molecule has 0 bridgehead atoms. The number of alkyl halides is 9. The van der Waals surface area contributed by atoms with Gasteiger partial charge < -0.3 is 59.7 Å². The maximum Gasteiger partial charge on any atom is 0.433 e. The standard InChI is InChI=1S/2C33H36F3N5O4.C28H28F3N5O2/c2*1-21-7-9-26(39-30(42)23-11-12-37-28(18-23)33(34,35)36)20-27(21)24-17-25(38-29(19-24)41-13-15-44-16-14-41)10-8-22(2)40(6)31(43)45-32(3,4)5;1-18-4-6-23(35-27(37)20-8-9-33-25(15-20)28(29,30)31)17-24(18)21-14-22(7-5-19(2)32-3)34-26(16-21)36-10-12-38-13-11-36/h2*7,9,11-12,17-20,22H,13-16H2,1-6H3,(H,39,42);4,6,8-9,14-17,19,32H,10-13H2,1-3H3,(H,35,37)/t2*22-;19-/m101/s1. The van der Waals surface area contributed by atoms with Gasteiger partial charge in [-0.05, 0) is 267 Å². The normalized spacial score (nSPS) is 14.3. The average Bonchev–Trinajstić information content (AvgIpc) is 0.806. The van der Waals surface area contributed by atoms with Gasteiger partial charge >= 0.3 is 30.7 Å². The molecule has 6 aromatic heterocycles. The molecule has 25 nitrogen and oxygen atoms in total. The van der Waals surface area contributed by atoms with Crippen molar-refractivity contribution in [3.05, 3.63) is 214 Å². The highest BCUT2D eigenvalue weighted by molar-refractivity contribution is 6.06. The number of morpholine rings is 3. The molecule has 12 rings (SSSR count). The Balaban J connectivity index is 0.000000201. The number of aromatic nitrogens is 6. The van der Waals surface area contributed by atoms with Crippen molar-refractivity contribution in [1.82, 2.24) is 45.0 Å². The Morgan fingerprint density at radius 1 is 0.406 bits per heavy atom. The second-order valence-corrected chi connectivity index (χ2v) is 32.2. The number of carbonyl (C=O) groups is 5. The summed E-state index contributed by atoms with van der Waals surface area (Å²) in [5.74, 6) is 18.8. The zero-order valence-electron chi connectivity index (χ0n) is 73.5. The van der Waals surface area contributed by atoms with Crippen molar-refractivity contribution in [1.29, 1.82) is 0 Å². The molecule has 3 fully saturated rings. The number of pyridine rings is 6. The van der Waals surface area contributed by atoms with Gasteiger partial charge in [0.25, 0.3) is 17.7 Å². The molecule has 3 saturated heterocycles. The summed E-state index contributed by atoms with van der Waals surface area (Å²) in [4.78, 5) is 97.0. The lowest BCUT2D eigenvalue weighted by molar-refractivity contribution is -0.142. The molecule has 0 spiro atoms. The van der Waals surface area contributed by atoms with Crippen LogP contribution in [0.2, 0.25) is 0 Å². The monoisotopic (exact) mass is 1770 g/mol. The predicted octanol–water partition coefficient (Wildman–Crippen LogP) is 16.9. The van der Waals surface area contributed by atoms with Crippen molar-refractivity contribution < 1.29 is 87.2 Å². The summed E-state index contributed by atoms with van der Waals surface area (Å²) in [6.07, 6.45) is -12.1. The fraction of sp³-hybridized carbons (Fsp3) is 0.372. The van der Waals surface area contributed by atoms with Gasteiger partial charge in [-0.3, -0.25) is 39.1 Å². The van der Waals surface area contributed by atoms with Crippen molar-refractivity contribution in [3.8, 4) is 68.9 Å². The van der Waals surface area contributed by atoms with Gasteiger partial charge in [-0.15, -0.1) is 0 Å². The van der Waals surface area contributed by atoms with Gasteiger partial charge in [-0.2, -0.15) is 39.5 Å². The first-order chi connectivity index (χ1) is 60.3. The summed E-state index contributed by atoms with van der Waals surface area (Å²) in [5.41, 5.74) is 5.20. The van der Waals surface area contributed by atoms with Crippen LogP contribution < -0.4 is 36.0 Å². The summed E-state index contributed by atoms with van der Waals surface area (Å²) < 4.78 is 145. The molecule has 0 aliphatic carbocycles. The molecule has 3 aliphatic rings. The van der Waals surface area contributed by atoms with E-state index in [4.69, 9.17) is 38.6 Å². The van der Waals surface area contributed by atoms with Crippen LogP contribution in [0.15, 0.2) is 146 Å². The molecule has 3 aromatic carbocycles. The Morgan fingerprint density at radius 3 is 0.938 bits per heavy atom. The van der Waals surface area contributed by atoms with Gasteiger partial charge in [0.05, 0.1) is 57.8 Å². The molecule has 674 valence electrons. The average molecular weight is 1770 g/mol. The molecular formula is C94H100F9N15O10. The van der Waals surface area contributed by atoms with E-state index in [0.717, 1.165) is 80.5 Å². The van der Waals surface area contributed by atoms with E-state index < -0.39 is 88.8 Å². The summed E-state index contributed by atoms with van der Waals surface area (Å²) in [6, 6.07) is 32.2. The van der Waals surface area contributed by atoms with Gasteiger partial charge in [0.1, 0.15) is 62.8 Å². The fourth-order valence-electron chi connectivity index (χ4n) is 12.7. The largest absolute Gasteiger partial charge is 0.444 e. The lowest BCUT2D eigenvalue weighted by Gasteiger charge is -2.28. The number of carbonyl (C=O) groups excluding carboxylic acids is 5. The molecule has 9 heterocycles. The highest BCUT2D eigenvalue weighted by Crippen LogP contribution is 2.37. The Labute approximate surface area is 737 Å². The van der Waals surface area contributed by atoms with E-state index in [1.807, 2.05) is 89.3 Å². The number of hydrogen-bond donors (Lipinski definition) is 4. The van der Waals surface area contributed by atoms with Crippen LogP contribution in [-0.2, 0) is 42.2 Å². The molecule has 128 heavy (non-hydrogen) atoms. The van der Waals surface area contributed by atoms with Crippen molar-refractivity contribution in [2.75, 3.05) is 131 Å². The number of anilines is 6. The Morgan fingerprint density at radius 2 is 0.680 bits per heavy atom. The minimum absolute atomic E-state index is 0.0152. The van der Waals surface area contributed by atoms with Crippen LogP contribution in [-0.4, -0.2) is 199 Å². The van der Waals surface area contributed by atoms with Gasteiger partial charge in [-0.25, -0.2) is 24.5 Å². The highest BCUT2D eigenvalue weighted by Gasteiger charge is 2.36. The van der Waals surface area contributed by atoms with E-state index in [1.165, 1.54) is 28.0 Å². The quantitative estimate of drug-likeness (QED) is 0.0548. The minimum Gasteiger partial charge on any atom is -0.444 e. The molecule has 3 aliphatic heterocycles. The maximum atomic E-state index is 13.1. The SMILES string of the molecule is CN[C@H](C)C#Cc1cc(-c2cc(NC(=O)c3ccnc(C(F)(F)F)c3)ccc2C)cc(N2CCOCC2)n1.Cc1ccc(NC(=O)c2ccnc(C(F)(F)F)c2)cc1-c1cc(C#C[C@@H](C)N(C)C(=O)OC(C)(C)C)nc(N2CCOCC2)c1.Cc1ccc(NC(=O)c2ccnc(C(F)(F)F)c2)cc1-c1cc(C#C[C@H](C)N(C)C(=O)OC(C)(C)C)nc(N2CCOCC2)c1. The first-order valence-electron chi connectivity index (χ1n) is 40.9. The Bertz CT molecular complexity index is 5470. The third-order valence-electron chi connectivity index (χ3n) is 20.0. The number of rotatable bonds is 15. The molecule has 34 heteroatoms. The van der Waals surface area contributed by atoms with E-state index in [-0.39, 0.29) is 22.7 Å². The number of benzene rings is 3. The van der Waals surface area contributed by atoms with E-state index >= 15 is 0 Å². The van der Waals surface area contributed by atoms with Gasteiger partial charge in [0, 0.05) is 106 Å². The van der Waals surface area contributed by atoms with E-state index in [9.17, 15) is 63.5 Å². The second-order valence-electron chi connectivity index (χ2n) is 32.2. The van der Waals surface area contributed by atoms with Gasteiger partial charge in [0.2, 0.25) is 0 Å². The molecule has 9 aromatic rings. The van der Waals surface area contributed by atoms with Crippen LogP contribution in [0.4, 0.5) is 83.6 Å². The zero-order chi connectivity index (χ0) is 93.2. The number of nitrogens with zero attached hydrogens (tertiary/aromatic N) is 11. The van der Waals surface area contributed by atoms with E-state index in [0.29, 0.717) is 137 Å². The van der Waals surface area contributed by atoms with Crippen molar-refractivity contribution in [2.45, 2.75) is 131 Å². The van der Waals surface area contributed by atoms with Crippen LogP contribution in [0, 0.1) is 56.3 Å². The summed E-state index contributed by atoms with van der Waals surface area (Å²) >= 11 is 0. The molecule has 3 atom stereocenters. The van der Waals surface area contributed by atoms with Gasteiger partial charge in [-0.1, -0.05) is 36.0 Å². The van der Waals surface area contributed by atoms with Crippen molar-refractivity contribution in [2.24, 2.45) is 0 Å². The first-order valence-corrected chi connectivity index (χ1v) is 40.9. The third kappa shape index (κ3) is 27.9. The lowest BCUT2D eigenvalue weighted by Crippen LogP contribution is -2.38. The van der Waals surface area contributed by atoms with Crippen LogP contribution in [0.5, 0.6) is 0 Å². The zero-order valence-corrected chi connectivity index (χ0v) is 73.5. The number of hydrogen-bond acceptors (Lipinski definition) is 20. The fourth-order valence-corrected chi connectivity index (χ4v) is 12.7.